The van der Waals surface area contributed by atoms with Crippen molar-refractivity contribution in [2.24, 2.45) is 11.8 Å². The van der Waals surface area contributed by atoms with E-state index >= 15 is 0 Å². The Labute approximate surface area is 126 Å². The minimum absolute atomic E-state index is 0.0350. The summed E-state index contributed by atoms with van der Waals surface area (Å²) in [6.45, 7) is 5.96. The van der Waals surface area contributed by atoms with Crippen molar-refractivity contribution in [3.63, 3.8) is 0 Å². The number of ether oxygens (including phenoxy) is 2. The van der Waals surface area contributed by atoms with Crippen LogP contribution in [0.1, 0.15) is 30.6 Å². The summed E-state index contributed by atoms with van der Waals surface area (Å²) in [6.07, 6.45) is 1.03. The van der Waals surface area contributed by atoms with Crippen molar-refractivity contribution in [3.8, 4) is 11.5 Å². The zero-order chi connectivity index (χ0) is 15.6. The van der Waals surface area contributed by atoms with Gasteiger partial charge >= 0.3 is 0 Å². The molecule has 5 heteroatoms. The van der Waals surface area contributed by atoms with Gasteiger partial charge in [0.2, 0.25) is 0 Å². The van der Waals surface area contributed by atoms with Gasteiger partial charge in [-0.1, -0.05) is 13.8 Å². The first kappa shape index (κ1) is 15.5. The van der Waals surface area contributed by atoms with Crippen molar-refractivity contribution >= 4 is 11.6 Å². The van der Waals surface area contributed by atoms with Crippen molar-refractivity contribution in [2.45, 2.75) is 20.3 Å². The van der Waals surface area contributed by atoms with Crippen molar-refractivity contribution in [1.82, 2.24) is 4.90 Å². The molecule has 0 spiro atoms. The number of carbonyl (C=O) groups is 1. The molecule has 0 bridgehead atoms. The predicted molar refractivity (Wildman–Crippen MR) is 82.8 cm³/mol. The Kier molecular flexibility index (Phi) is 4.60. The topological polar surface area (TPSA) is 64.8 Å². The molecule has 1 fully saturated rings. The van der Waals surface area contributed by atoms with E-state index < -0.39 is 0 Å². The number of nitrogens with two attached hydrogens (primary N) is 1. The molecule has 116 valence electrons. The lowest BCUT2D eigenvalue weighted by molar-refractivity contribution is 0.0628. The van der Waals surface area contributed by atoms with Gasteiger partial charge in [-0.2, -0.15) is 0 Å². The van der Waals surface area contributed by atoms with E-state index in [-0.39, 0.29) is 5.91 Å². The van der Waals surface area contributed by atoms with Gasteiger partial charge in [-0.15, -0.1) is 0 Å². The Morgan fingerprint density at radius 2 is 1.81 bits per heavy atom. The summed E-state index contributed by atoms with van der Waals surface area (Å²) in [5.41, 5.74) is 6.91. The van der Waals surface area contributed by atoms with Crippen LogP contribution >= 0.6 is 0 Å². The first-order chi connectivity index (χ1) is 9.97. The molecule has 0 aromatic heterocycles. The van der Waals surface area contributed by atoms with Crippen molar-refractivity contribution in [2.75, 3.05) is 33.0 Å². The third-order valence-corrected chi connectivity index (χ3v) is 4.41. The number of likely N-dealkylation sites (tertiary alicyclic amines) is 1. The summed E-state index contributed by atoms with van der Waals surface area (Å²) in [5, 5.41) is 0. The molecule has 0 aliphatic carbocycles. The Hall–Kier alpha value is -1.91. The van der Waals surface area contributed by atoms with Gasteiger partial charge < -0.3 is 20.1 Å². The predicted octanol–water partition coefficient (Wildman–Crippen LogP) is 2.40. The molecule has 1 aliphatic rings. The van der Waals surface area contributed by atoms with E-state index in [0.29, 0.717) is 34.6 Å². The van der Waals surface area contributed by atoms with Crippen LogP contribution in [-0.4, -0.2) is 38.1 Å². The van der Waals surface area contributed by atoms with Crippen molar-refractivity contribution in [1.29, 1.82) is 0 Å². The largest absolute Gasteiger partial charge is 0.493 e. The van der Waals surface area contributed by atoms with Gasteiger partial charge in [-0.25, -0.2) is 0 Å². The first-order valence-corrected chi connectivity index (χ1v) is 7.28. The van der Waals surface area contributed by atoms with Gasteiger partial charge in [0.25, 0.3) is 5.91 Å². The lowest BCUT2D eigenvalue weighted by atomic mass is 9.88. The van der Waals surface area contributed by atoms with Gasteiger partial charge in [-0.3, -0.25) is 4.79 Å². The molecule has 1 aromatic rings. The van der Waals surface area contributed by atoms with Gasteiger partial charge in [0.1, 0.15) is 0 Å². The second kappa shape index (κ2) is 6.24. The van der Waals surface area contributed by atoms with Crippen molar-refractivity contribution in [3.05, 3.63) is 17.7 Å². The molecule has 2 unspecified atom stereocenters. The smallest absolute Gasteiger partial charge is 0.256 e. The summed E-state index contributed by atoms with van der Waals surface area (Å²) in [7, 11) is 3.10. The number of nitrogen functional groups attached to an aromatic ring is 1. The molecule has 2 N–H and O–H groups in total. The fourth-order valence-electron chi connectivity index (χ4n) is 2.70. The van der Waals surface area contributed by atoms with E-state index in [1.807, 2.05) is 4.90 Å². The maximum atomic E-state index is 12.7. The van der Waals surface area contributed by atoms with E-state index in [2.05, 4.69) is 13.8 Å². The van der Waals surface area contributed by atoms with Gasteiger partial charge in [0, 0.05) is 24.8 Å². The summed E-state index contributed by atoms with van der Waals surface area (Å²) < 4.78 is 10.5. The number of piperidine rings is 1. The molecular formula is C16H24N2O3. The molecule has 1 aromatic carbocycles. The molecule has 0 radical (unpaired) electrons. The highest BCUT2D eigenvalue weighted by atomic mass is 16.5. The Morgan fingerprint density at radius 3 is 2.38 bits per heavy atom. The molecule has 1 saturated heterocycles. The maximum absolute atomic E-state index is 12.7. The molecule has 1 amide bonds. The second-order valence-corrected chi connectivity index (χ2v) is 5.79. The van der Waals surface area contributed by atoms with Crippen LogP contribution in [0.2, 0.25) is 0 Å². The summed E-state index contributed by atoms with van der Waals surface area (Å²) in [5.74, 6) is 2.17. The van der Waals surface area contributed by atoms with Crippen LogP contribution in [-0.2, 0) is 0 Å². The summed E-state index contributed by atoms with van der Waals surface area (Å²) in [4.78, 5) is 14.6. The van der Waals surface area contributed by atoms with E-state index in [9.17, 15) is 4.79 Å². The monoisotopic (exact) mass is 292 g/mol. The first-order valence-electron chi connectivity index (χ1n) is 7.28. The average Bonchev–Trinajstić information content (AvgIpc) is 2.49. The number of rotatable bonds is 3. The number of amides is 1. The zero-order valence-corrected chi connectivity index (χ0v) is 13.2. The third-order valence-electron chi connectivity index (χ3n) is 4.41. The lowest BCUT2D eigenvalue weighted by Gasteiger charge is -2.35. The second-order valence-electron chi connectivity index (χ2n) is 5.79. The van der Waals surface area contributed by atoms with Crippen molar-refractivity contribution < 1.29 is 14.3 Å². The van der Waals surface area contributed by atoms with Crippen LogP contribution in [0.25, 0.3) is 0 Å². The summed E-state index contributed by atoms with van der Waals surface area (Å²) in [6, 6.07) is 3.31. The Bertz CT molecular complexity index is 530. The number of carbonyl (C=O) groups excluding carboxylic acids is 1. The van der Waals surface area contributed by atoms with Crippen LogP contribution in [0.4, 0.5) is 5.69 Å². The standard InChI is InChI=1S/C16H24N2O3/c1-10-5-6-18(9-11(10)2)16(19)12-7-14(20-3)15(21-4)8-13(12)17/h7-8,10-11H,5-6,9,17H2,1-4H3. The minimum Gasteiger partial charge on any atom is -0.493 e. The van der Waals surface area contributed by atoms with Gasteiger partial charge in [0.15, 0.2) is 11.5 Å². The zero-order valence-electron chi connectivity index (χ0n) is 13.2. The van der Waals surface area contributed by atoms with Gasteiger partial charge in [-0.05, 0) is 24.3 Å². The average molecular weight is 292 g/mol. The number of anilines is 1. The van der Waals surface area contributed by atoms with E-state index in [4.69, 9.17) is 15.2 Å². The number of methoxy groups -OCH3 is 2. The molecule has 0 saturated carbocycles. The molecule has 1 heterocycles. The highest BCUT2D eigenvalue weighted by molar-refractivity contribution is 6.00. The van der Waals surface area contributed by atoms with Crippen LogP contribution < -0.4 is 15.2 Å². The Balaban J connectivity index is 2.27. The SMILES string of the molecule is COc1cc(N)c(C(=O)N2CCC(C)C(C)C2)cc1OC. The highest BCUT2D eigenvalue weighted by Crippen LogP contribution is 2.33. The van der Waals surface area contributed by atoms with Crippen LogP contribution in [0.5, 0.6) is 11.5 Å². The third kappa shape index (κ3) is 3.06. The lowest BCUT2D eigenvalue weighted by Crippen LogP contribution is -2.42. The molecule has 1 aliphatic heterocycles. The normalized spacial score (nSPS) is 22.0. The quantitative estimate of drug-likeness (QED) is 0.869. The van der Waals surface area contributed by atoms with Crippen LogP contribution in [0.3, 0.4) is 0 Å². The molecule has 2 rings (SSSR count). The number of hydrogen-bond donors (Lipinski definition) is 1. The molecular weight excluding hydrogens is 268 g/mol. The maximum Gasteiger partial charge on any atom is 0.256 e. The van der Waals surface area contributed by atoms with Crippen LogP contribution in [0.15, 0.2) is 12.1 Å². The fourth-order valence-corrected chi connectivity index (χ4v) is 2.70. The highest BCUT2D eigenvalue weighted by Gasteiger charge is 2.28. The van der Waals surface area contributed by atoms with E-state index in [1.165, 1.54) is 0 Å². The number of hydrogen-bond acceptors (Lipinski definition) is 4. The van der Waals surface area contributed by atoms with Gasteiger partial charge in [0.05, 0.1) is 19.8 Å². The summed E-state index contributed by atoms with van der Waals surface area (Å²) >= 11 is 0. The van der Waals surface area contributed by atoms with Crippen LogP contribution in [0, 0.1) is 11.8 Å². The minimum atomic E-state index is -0.0350. The molecule has 2 atom stereocenters. The van der Waals surface area contributed by atoms with E-state index in [0.717, 1.165) is 19.5 Å². The number of nitrogens with zero attached hydrogens (tertiary/aromatic N) is 1. The van der Waals surface area contributed by atoms with E-state index in [1.54, 1.807) is 26.4 Å². The molecule has 5 nitrogen and oxygen atoms in total. The number of benzene rings is 1. The molecule has 21 heavy (non-hydrogen) atoms. The Morgan fingerprint density at radius 1 is 1.19 bits per heavy atom. The fraction of sp³-hybridized carbons (Fsp3) is 0.562.